The van der Waals surface area contributed by atoms with E-state index in [1.165, 1.54) is 16.5 Å². The lowest BCUT2D eigenvalue weighted by atomic mass is 10.1. The van der Waals surface area contributed by atoms with E-state index in [-0.39, 0.29) is 0 Å². The summed E-state index contributed by atoms with van der Waals surface area (Å²) in [6, 6.07) is 11.1. The van der Waals surface area contributed by atoms with Crippen LogP contribution in [0.1, 0.15) is 17.7 Å². The van der Waals surface area contributed by atoms with Gasteiger partial charge in [-0.15, -0.1) is 0 Å². The van der Waals surface area contributed by atoms with Crippen molar-refractivity contribution < 1.29 is 0 Å². The highest BCUT2D eigenvalue weighted by Crippen LogP contribution is 2.25. The first-order valence-corrected chi connectivity index (χ1v) is 8.89. The van der Waals surface area contributed by atoms with E-state index in [0.717, 1.165) is 37.7 Å². The van der Waals surface area contributed by atoms with Crippen LogP contribution in [-0.4, -0.2) is 45.6 Å². The van der Waals surface area contributed by atoms with Crippen molar-refractivity contribution in [3.8, 4) is 0 Å². The van der Waals surface area contributed by atoms with Crippen LogP contribution in [0, 0.1) is 6.92 Å². The van der Waals surface area contributed by atoms with Crippen molar-refractivity contribution in [1.29, 1.82) is 0 Å². The Balaban J connectivity index is 1.47. The zero-order valence-corrected chi connectivity index (χ0v) is 15.2. The minimum Gasteiger partial charge on any atom is -0.350 e. The largest absolute Gasteiger partial charge is 0.350 e. The van der Waals surface area contributed by atoms with Gasteiger partial charge in [-0.25, -0.2) is 9.97 Å². The van der Waals surface area contributed by atoms with Gasteiger partial charge in [-0.2, -0.15) is 0 Å². The van der Waals surface area contributed by atoms with E-state index in [2.05, 4.69) is 68.9 Å². The van der Waals surface area contributed by atoms with Gasteiger partial charge in [0, 0.05) is 68.8 Å². The third kappa shape index (κ3) is 3.12. The molecule has 0 spiro atoms. The number of aryl methyl sites for hydroxylation is 2. The van der Waals surface area contributed by atoms with Gasteiger partial charge in [0.15, 0.2) is 0 Å². The minimum atomic E-state index is 0.469. The topological polar surface area (TPSA) is 37.2 Å². The molecule has 1 unspecified atom stereocenters. The SMILES string of the molecule is Cc1ccnc(N(C)C2CCN(Cc3cn(C)c4ccccc34)C2)n1. The molecule has 25 heavy (non-hydrogen) atoms. The summed E-state index contributed by atoms with van der Waals surface area (Å²) in [7, 11) is 4.24. The molecule has 0 radical (unpaired) electrons. The highest BCUT2D eigenvalue weighted by Gasteiger charge is 2.27. The van der Waals surface area contributed by atoms with Crippen molar-refractivity contribution in [2.45, 2.75) is 25.9 Å². The molecule has 0 amide bonds. The molecule has 1 aliphatic rings. The number of anilines is 1. The van der Waals surface area contributed by atoms with Crippen LogP contribution in [0.15, 0.2) is 42.7 Å². The van der Waals surface area contributed by atoms with Gasteiger partial charge < -0.3 is 9.47 Å². The molecule has 1 aromatic carbocycles. The predicted molar refractivity (Wildman–Crippen MR) is 102 cm³/mol. The number of likely N-dealkylation sites (N-methyl/N-ethyl adjacent to an activating group) is 1. The summed E-state index contributed by atoms with van der Waals surface area (Å²) in [5.74, 6) is 0.831. The van der Waals surface area contributed by atoms with E-state index < -0.39 is 0 Å². The molecule has 1 saturated heterocycles. The Kier molecular flexibility index (Phi) is 4.17. The minimum absolute atomic E-state index is 0.469. The van der Waals surface area contributed by atoms with E-state index in [0.29, 0.717) is 6.04 Å². The average Bonchev–Trinajstić information content (AvgIpc) is 3.20. The Morgan fingerprint density at radius 3 is 2.92 bits per heavy atom. The van der Waals surface area contributed by atoms with E-state index >= 15 is 0 Å². The molecule has 0 saturated carbocycles. The van der Waals surface area contributed by atoms with Crippen LogP contribution in [0.2, 0.25) is 0 Å². The number of benzene rings is 1. The molecule has 3 aromatic rings. The lowest BCUT2D eigenvalue weighted by Crippen LogP contribution is -2.35. The molecular formula is C20H25N5. The number of hydrogen-bond donors (Lipinski definition) is 0. The summed E-state index contributed by atoms with van der Waals surface area (Å²) in [6.07, 6.45) is 5.26. The standard InChI is InChI=1S/C20H25N5/c1-15-8-10-21-20(22-15)24(3)17-9-11-25(14-17)13-16-12-23(2)19-7-5-4-6-18(16)19/h4-8,10,12,17H,9,11,13-14H2,1-3H3. The number of aromatic nitrogens is 3. The zero-order valence-electron chi connectivity index (χ0n) is 15.2. The van der Waals surface area contributed by atoms with Gasteiger partial charge in [-0.3, -0.25) is 4.90 Å². The summed E-state index contributed by atoms with van der Waals surface area (Å²) in [5, 5.41) is 1.36. The van der Waals surface area contributed by atoms with Gasteiger partial charge in [0.05, 0.1) is 0 Å². The maximum Gasteiger partial charge on any atom is 0.225 e. The Hall–Kier alpha value is -2.40. The fraction of sp³-hybridized carbons (Fsp3) is 0.400. The first-order chi connectivity index (χ1) is 12.1. The van der Waals surface area contributed by atoms with E-state index in [1.54, 1.807) is 0 Å². The number of fused-ring (bicyclic) bond motifs is 1. The normalized spacial score (nSPS) is 18.1. The summed E-state index contributed by atoms with van der Waals surface area (Å²) in [6.45, 7) is 5.18. The Morgan fingerprint density at radius 1 is 1.24 bits per heavy atom. The van der Waals surface area contributed by atoms with Crippen molar-refractivity contribution >= 4 is 16.9 Å². The second-order valence-corrected chi connectivity index (χ2v) is 7.07. The van der Waals surface area contributed by atoms with Gasteiger partial charge in [0.2, 0.25) is 5.95 Å². The average molecular weight is 335 g/mol. The maximum absolute atomic E-state index is 4.56. The van der Waals surface area contributed by atoms with Crippen LogP contribution in [0.25, 0.3) is 10.9 Å². The van der Waals surface area contributed by atoms with Gasteiger partial charge >= 0.3 is 0 Å². The smallest absolute Gasteiger partial charge is 0.225 e. The van der Waals surface area contributed by atoms with Crippen molar-refractivity contribution in [3.05, 3.63) is 54.0 Å². The van der Waals surface area contributed by atoms with Crippen LogP contribution in [-0.2, 0) is 13.6 Å². The molecule has 130 valence electrons. The first kappa shape index (κ1) is 16.1. The fourth-order valence-electron chi connectivity index (χ4n) is 3.83. The molecule has 3 heterocycles. The quantitative estimate of drug-likeness (QED) is 0.734. The molecule has 0 N–H and O–H groups in total. The summed E-state index contributed by atoms with van der Waals surface area (Å²) >= 11 is 0. The number of likely N-dealkylation sites (tertiary alicyclic amines) is 1. The second-order valence-electron chi connectivity index (χ2n) is 7.07. The van der Waals surface area contributed by atoms with Gasteiger partial charge in [-0.05, 0) is 31.0 Å². The van der Waals surface area contributed by atoms with Crippen LogP contribution in [0.5, 0.6) is 0 Å². The Bertz CT molecular complexity index is 885. The zero-order chi connectivity index (χ0) is 17.4. The molecule has 1 fully saturated rings. The predicted octanol–water partition coefficient (Wildman–Crippen LogP) is 2.99. The van der Waals surface area contributed by atoms with Crippen LogP contribution < -0.4 is 4.90 Å². The van der Waals surface area contributed by atoms with Crippen molar-refractivity contribution in [1.82, 2.24) is 19.4 Å². The molecule has 5 nitrogen and oxygen atoms in total. The van der Waals surface area contributed by atoms with Crippen LogP contribution >= 0.6 is 0 Å². The molecule has 4 rings (SSSR count). The van der Waals surface area contributed by atoms with Crippen molar-refractivity contribution in [2.24, 2.45) is 7.05 Å². The lowest BCUT2D eigenvalue weighted by Gasteiger charge is -2.25. The molecule has 0 bridgehead atoms. The first-order valence-electron chi connectivity index (χ1n) is 8.89. The molecule has 5 heteroatoms. The molecule has 1 atom stereocenters. The highest BCUT2D eigenvalue weighted by atomic mass is 15.3. The number of nitrogens with zero attached hydrogens (tertiary/aromatic N) is 5. The summed E-state index contributed by atoms with van der Waals surface area (Å²) < 4.78 is 2.23. The molecular weight excluding hydrogens is 310 g/mol. The Morgan fingerprint density at radius 2 is 2.08 bits per heavy atom. The van der Waals surface area contributed by atoms with Crippen molar-refractivity contribution in [3.63, 3.8) is 0 Å². The lowest BCUT2D eigenvalue weighted by molar-refractivity contribution is 0.326. The van der Waals surface area contributed by atoms with E-state index in [9.17, 15) is 0 Å². The highest BCUT2D eigenvalue weighted by molar-refractivity contribution is 5.83. The second kappa shape index (κ2) is 6.48. The van der Waals surface area contributed by atoms with Gasteiger partial charge in [0.1, 0.15) is 0 Å². The number of hydrogen-bond acceptors (Lipinski definition) is 4. The monoisotopic (exact) mass is 335 g/mol. The van der Waals surface area contributed by atoms with E-state index in [4.69, 9.17) is 0 Å². The maximum atomic E-state index is 4.56. The number of para-hydroxylation sites is 1. The molecule has 2 aromatic heterocycles. The summed E-state index contributed by atoms with van der Waals surface area (Å²) in [4.78, 5) is 13.8. The van der Waals surface area contributed by atoms with Crippen molar-refractivity contribution in [2.75, 3.05) is 25.0 Å². The molecule has 1 aliphatic heterocycles. The summed E-state index contributed by atoms with van der Waals surface area (Å²) in [5.41, 5.74) is 3.73. The number of rotatable bonds is 4. The van der Waals surface area contributed by atoms with Crippen LogP contribution in [0.4, 0.5) is 5.95 Å². The third-order valence-electron chi connectivity index (χ3n) is 5.27. The fourth-order valence-corrected chi connectivity index (χ4v) is 3.83. The third-order valence-corrected chi connectivity index (χ3v) is 5.27. The Labute approximate surface area is 148 Å². The van der Waals surface area contributed by atoms with Gasteiger partial charge in [0.25, 0.3) is 0 Å². The van der Waals surface area contributed by atoms with E-state index in [1.807, 2.05) is 19.2 Å². The van der Waals surface area contributed by atoms with Crippen LogP contribution in [0.3, 0.4) is 0 Å². The van der Waals surface area contributed by atoms with Gasteiger partial charge in [-0.1, -0.05) is 18.2 Å². The molecule has 0 aliphatic carbocycles.